The number of likely N-dealkylation sites (tertiary alicyclic amines) is 1. The highest BCUT2D eigenvalue weighted by molar-refractivity contribution is 5.76. The van der Waals surface area contributed by atoms with Gasteiger partial charge in [-0.25, -0.2) is 0 Å². The molecule has 0 amide bonds. The molecule has 2 bridgehead atoms. The Balaban J connectivity index is 0.977. The van der Waals surface area contributed by atoms with Gasteiger partial charge < -0.3 is 19.3 Å². The van der Waals surface area contributed by atoms with Crippen molar-refractivity contribution in [2.75, 3.05) is 19.7 Å². The molecule has 0 aromatic heterocycles. The van der Waals surface area contributed by atoms with E-state index < -0.39 is 17.0 Å². The normalized spacial score (nSPS) is 24.7. The molecule has 2 aliphatic carbocycles. The minimum Gasteiger partial charge on any atom is -0.481 e. The lowest BCUT2D eigenvalue weighted by Crippen LogP contribution is -2.73. The maximum absolute atomic E-state index is 13.0. The lowest BCUT2D eigenvalue weighted by atomic mass is 9.52. The second kappa shape index (κ2) is 19.8. The Morgan fingerprint density at radius 1 is 0.865 bits per heavy atom. The number of carbonyl (C=O) groups is 2. The fraction of sp³-hybridized carbons (Fsp3) is 0.778. The Labute approximate surface area is 315 Å². The van der Waals surface area contributed by atoms with E-state index in [0.29, 0.717) is 24.5 Å². The van der Waals surface area contributed by atoms with Crippen LogP contribution in [0.15, 0.2) is 24.3 Å². The van der Waals surface area contributed by atoms with Gasteiger partial charge in [-0.3, -0.25) is 14.5 Å². The number of aliphatic hydroxyl groups is 1. The molecule has 7 nitrogen and oxygen atoms in total. The van der Waals surface area contributed by atoms with Crippen LogP contribution >= 0.6 is 0 Å². The Morgan fingerprint density at radius 3 is 2.06 bits per heavy atom. The van der Waals surface area contributed by atoms with Crippen LogP contribution in [-0.2, 0) is 26.2 Å². The molecule has 5 rings (SSSR count). The van der Waals surface area contributed by atoms with E-state index in [4.69, 9.17) is 14.2 Å². The molecule has 0 radical (unpaired) electrons. The van der Waals surface area contributed by atoms with Crippen LogP contribution in [0.3, 0.4) is 0 Å². The zero-order valence-electron chi connectivity index (χ0n) is 33.1. The molecule has 1 N–H and O–H groups in total. The summed E-state index contributed by atoms with van der Waals surface area (Å²) < 4.78 is 18.1. The number of hydrogen-bond acceptors (Lipinski definition) is 7. The lowest BCUT2D eigenvalue weighted by Gasteiger charge is -2.60. The van der Waals surface area contributed by atoms with Gasteiger partial charge in [0, 0.05) is 31.0 Å². The molecule has 1 aromatic rings. The highest BCUT2D eigenvalue weighted by Crippen LogP contribution is 2.63. The summed E-state index contributed by atoms with van der Waals surface area (Å²) in [7, 11) is 0. The number of rotatable bonds is 26. The van der Waals surface area contributed by atoms with Crippen molar-refractivity contribution in [2.45, 2.75) is 198 Å². The van der Waals surface area contributed by atoms with Crippen molar-refractivity contribution >= 4 is 11.9 Å². The number of carbonyl (C=O) groups excluding carboxylic acids is 2. The van der Waals surface area contributed by atoms with Gasteiger partial charge in [-0.05, 0) is 81.5 Å². The monoisotopic (exact) mass is 722 g/mol. The highest BCUT2D eigenvalue weighted by atomic mass is 16.6. The zero-order chi connectivity index (χ0) is 37.0. The Kier molecular flexibility index (Phi) is 15.5. The fourth-order valence-corrected chi connectivity index (χ4v) is 9.43. The van der Waals surface area contributed by atoms with E-state index in [1.54, 1.807) is 0 Å². The molecule has 52 heavy (non-hydrogen) atoms. The molecule has 7 heteroatoms. The van der Waals surface area contributed by atoms with E-state index in [1.807, 2.05) is 13.0 Å². The van der Waals surface area contributed by atoms with Crippen molar-refractivity contribution in [3.63, 3.8) is 0 Å². The average Bonchev–Trinajstić information content (AvgIpc) is 3.87. The van der Waals surface area contributed by atoms with Crippen LogP contribution in [0.5, 0.6) is 11.5 Å². The van der Waals surface area contributed by atoms with Crippen LogP contribution in [0.1, 0.15) is 180 Å². The summed E-state index contributed by atoms with van der Waals surface area (Å²) in [6.07, 6.45) is 26.2. The number of fused-ring (bicyclic) bond motifs is 1. The van der Waals surface area contributed by atoms with Crippen LogP contribution in [0.4, 0.5) is 0 Å². The second-order valence-corrected chi connectivity index (χ2v) is 16.8. The Morgan fingerprint density at radius 2 is 1.46 bits per heavy atom. The number of piperidine rings is 1. The smallest absolute Gasteiger partial charge is 0.311 e. The average molecular weight is 722 g/mol. The third-order valence-corrected chi connectivity index (χ3v) is 12.8. The van der Waals surface area contributed by atoms with E-state index in [0.717, 1.165) is 62.2 Å². The van der Waals surface area contributed by atoms with E-state index in [1.165, 1.54) is 108 Å². The van der Waals surface area contributed by atoms with Crippen molar-refractivity contribution in [1.29, 1.82) is 0 Å². The van der Waals surface area contributed by atoms with E-state index >= 15 is 0 Å². The lowest BCUT2D eigenvalue weighted by molar-refractivity contribution is -0.149. The van der Waals surface area contributed by atoms with Crippen molar-refractivity contribution < 1.29 is 28.9 Å². The van der Waals surface area contributed by atoms with Gasteiger partial charge in [-0.15, -0.1) is 0 Å². The zero-order valence-corrected chi connectivity index (χ0v) is 33.1. The van der Waals surface area contributed by atoms with Crippen LogP contribution in [0.2, 0.25) is 0 Å². The van der Waals surface area contributed by atoms with Gasteiger partial charge in [-0.2, -0.15) is 0 Å². The summed E-state index contributed by atoms with van der Waals surface area (Å²) in [5, 5.41) is 12.4. The summed E-state index contributed by atoms with van der Waals surface area (Å²) in [6.45, 7) is 13.1. The first-order valence-electron chi connectivity index (χ1n) is 21.6. The quantitative estimate of drug-likeness (QED) is 0.0441. The van der Waals surface area contributed by atoms with Crippen molar-refractivity contribution in [1.82, 2.24) is 4.90 Å². The third-order valence-electron chi connectivity index (χ3n) is 12.8. The number of unbranched alkanes of at least 4 members (excludes halogenated alkanes) is 15. The molecule has 4 atom stereocenters. The van der Waals surface area contributed by atoms with E-state index in [9.17, 15) is 14.7 Å². The number of nitrogens with zero attached hydrogens (tertiary/aromatic N) is 1. The van der Waals surface area contributed by atoms with Crippen molar-refractivity contribution in [3.8, 4) is 11.5 Å². The van der Waals surface area contributed by atoms with Gasteiger partial charge in [0.25, 0.3) is 0 Å². The molecule has 1 spiro atoms. The van der Waals surface area contributed by atoms with E-state index in [-0.39, 0.29) is 31.0 Å². The van der Waals surface area contributed by atoms with Gasteiger partial charge in [0.05, 0.1) is 17.6 Å². The molecule has 1 saturated heterocycles. The molecule has 4 aliphatic rings. The first-order chi connectivity index (χ1) is 25.2. The molecular formula is C45H71NO6. The molecule has 1 aromatic carbocycles. The van der Waals surface area contributed by atoms with Gasteiger partial charge >= 0.3 is 11.9 Å². The number of benzene rings is 1. The summed E-state index contributed by atoms with van der Waals surface area (Å²) in [5.41, 5.74) is 1.48. The Bertz CT molecular complexity index is 1320. The first-order valence-corrected chi connectivity index (χ1v) is 21.6. The van der Waals surface area contributed by atoms with Gasteiger partial charge in [-0.1, -0.05) is 123 Å². The molecule has 2 aliphatic heterocycles. The molecule has 292 valence electrons. The second-order valence-electron chi connectivity index (χ2n) is 16.8. The predicted molar refractivity (Wildman–Crippen MR) is 209 cm³/mol. The standard InChI is InChI=1S/C45H71NO6/c1-5-7-8-9-10-11-12-13-14-15-16-17-18-19-20-21-31-50-39(47)23-22-24-40(48)51-37-28-27-36-32-38-44(4,49)45(29-30-46(38)33-35-25-26-35)41(36)42(37)52-43(45)34(3)6-2/h27-28,35,38,43,49H,3,5-26,29-33H2,1-2,4H3/t38-,43+,44-,45+/m1/s1. The largest absolute Gasteiger partial charge is 0.481 e. The van der Waals surface area contributed by atoms with Gasteiger partial charge in [0.2, 0.25) is 0 Å². The number of ether oxygens (including phenoxy) is 3. The molecule has 1 saturated carbocycles. The van der Waals surface area contributed by atoms with Gasteiger partial charge in [0.1, 0.15) is 6.10 Å². The van der Waals surface area contributed by atoms with Gasteiger partial charge in [0.15, 0.2) is 11.5 Å². The predicted octanol–water partition coefficient (Wildman–Crippen LogP) is 10.3. The summed E-state index contributed by atoms with van der Waals surface area (Å²) in [6, 6.07) is 3.92. The summed E-state index contributed by atoms with van der Waals surface area (Å²) in [4.78, 5) is 27.9. The minimum absolute atomic E-state index is 0.00766. The summed E-state index contributed by atoms with van der Waals surface area (Å²) >= 11 is 0. The summed E-state index contributed by atoms with van der Waals surface area (Å²) in [5.74, 6) is 1.08. The van der Waals surface area contributed by atoms with Crippen LogP contribution in [0.25, 0.3) is 0 Å². The highest BCUT2D eigenvalue weighted by Gasteiger charge is 2.68. The molecule has 2 fully saturated rings. The Hall–Kier alpha value is -2.38. The topological polar surface area (TPSA) is 85.3 Å². The fourth-order valence-electron chi connectivity index (χ4n) is 9.43. The molecule has 2 heterocycles. The number of hydrogen-bond donors (Lipinski definition) is 1. The number of esters is 2. The maximum Gasteiger partial charge on any atom is 0.311 e. The van der Waals surface area contributed by atoms with Crippen LogP contribution in [0, 0.1) is 5.92 Å². The third kappa shape index (κ3) is 10.0. The SMILES string of the molecule is C=C(CC)[C@@H]1Oc2c(OC(=O)CCCC(=O)OCCCCCCCCCCCCCCCCCC)ccc3c2[C@@]12CCN(CC1CC1)[C@H](C3)[C@@]2(C)O. The van der Waals surface area contributed by atoms with Crippen LogP contribution in [-0.4, -0.2) is 59.4 Å². The maximum atomic E-state index is 13.0. The minimum atomic E-state index is -1.02. The van der Waals surface area contributed by atoms with Crippen LogP contribution < -0.4 is 9.47 Å². The van der Waals surface area contributed by atoms with Crippen molar-refractivity contribution in [2.24, 2.45) is 5.92 Å². The van der Waals surface area contributed by atoms with Crippen molar-refractivity contribution in [3.05, 3.63) is 35.4 Å². The van der Waals surface area contributed by atoms with E-state index in [2.05, 4.69) is 31.4 Å². The molecule has 0 unspecified atom stereocenters. The molecular weight excluding hydrogens is 650 g/mol. The first kappa shape index (κ1) is 40.8.